The van der Waals surface area contributed by atoms with Crippen molar-refractivity contribution in [3.63, 3.8) is 0 Å². The Bertz CT molecular complexity index is 1350. The predicted molar refractivity (Wildman–Crippen MR) is 141 cm³/mol. The number of pyridine rings is 1. The van der Waals surface area contributed by atoms with Crippen molar-refractivity contribution >= 4 is 51.7 Å². The minimum Gasteiger partial charge on any atom is -0.497 e. The lowest BCUT2D eigenvalue weighted by Gasteiger charge is -2.21. The number of carbonyl (C=O) groups excluding carboxylic acids is 1. The standard InChI is InChI=1S/C25H26N4O3S2/c1-5-16(3)29-24(31)20(34-25(29)33)13-19-21(26-14-17-8-10-18(32-4)11-9-17)27-22-15(2)7-6-12-28(22)23(19)30/h6-13,16,26H,5,14H2,1-4H3/b20-13-/t16-/m1/s1. The molecule has 9 heteroatoms. The van der Waals surface area contributed by atoms with Crippen LogP contribution in [0.4, 0.5) is 5.82 Å². The van der Waals surface area contributed by atoms with E-state index in [1.807, 2.05) is 57.2 Å². The summed E-state index contributed by atoms with van der Waals surface area (Å²) in [5.74, 6) is 1.01. The number of nitrogens with zero attached hydrogens (tertiary/aromatic N) is 3. The van der Waals surface area contributed by atoms with Gasteiger partial charge in [-0.2, -0.15) is 0 Å². The number of nitrogens with one attached hydrogen (secondary N) is 1. The fourth-order valence-corrected chi connectivity index (χ4v) is 5.12. The summed E-state index contributed by atoms with van der Waals surface area (Å²) >= 11 is 6.67. The molecule has 1 atom stereocenters. The Labute approximate surface area is 207 Å². The van der Waals surface area contributed by atoms with E-state index in [0.29, 0.717) is 32.8 Å². The molecular formula is C25H26N4O3S2. The average Bonchev–Trinajstić information content (AvgIpc) is 3.12. The highest BCUT2D eigenvalue weighted by Gasteiger charge is 2.35. The Morgan fingerprint density at radius 3 is 2.65 bits per heavy atom. The third kappa shape index (κ3) is 4.58. The number of methoxy groups -OCH3 is 1. The first-order valence-corrected chi connectivity index (χ1v) is 12.2. The molecule has 1 N–H and O–H groups in total. The maximum Gasteiger partial charge on any atom is 0.267 e. The van der Waals surface area contributed by atoms with E-state index in [1.54, 1.807) is 24.3 Å². The number of hydrogen-bond donors (Lipinski definition) is 1. The van der Waals surface area contributed by atoms with E-state index < -0.39 is 0 Å². The van der Waals surface area contributed by atoms with Gasteiger partial charge in [-0.3, -0.25) is 18.9 Å². The van der Waals surface area contributed by atoms with Gasteiger partial charge in [0, 0.05) is 18.8 Å². The molecule has 0 aliphatic carbocycles. The molecule has 1 aliphatic rings. The van der Waals surface area contributed by atoms with Crippen LogP contribution in [0.2, 0.25) is 0 Å². The van der Waals surface area contributed by atoms with Crippen molar-refractivity contribution in [3.8, 4) is 5.75 Å². The van der Waals surface area contributed by atoms with Crippen molar-refractivity contribution in [1.82, 2.24) is 14.3 Å². The van der Waals surface area contributed by atoms with Crippen molar-refractivity contribution in [2.75, 3.05) is 12.4 Å². The van der Waals surface area contributed by atoms with E-state index in [2.05, 4.69) is 5.32 Å². The Kier molecular flexibility index (Phi) is 7.04. The van der Waals surface area contributed by atoms with E-state index >= 15 is 0 Å². The number of thiocarbonyl (C=S) groups is 1. The number of aromatic nitrogens is 2. The highest BCUT2D eigenvalue weighted by atomic mass is 32.2. The molecular weight excluding hydrogens is 468 g/mol. The topological polar surface area (TPSA) is 75.9 Å². The molecule has 1 amide bonds. The number of fused-ring (bicyclic) bond motifs is 1. The van der Waals surface area contributed by atoms with E-state index in [4.69, 9.17) is 21.9 Å². The number of rotatable bonds is 7. The summed E-state index contributed by atoms with van der Waals surface area (Å²) in [6.45, 7) is 6.33. The molecule has 3 heterocycles. The molecule has 1 aromatic carbocycles. The first-order valence-electron chi connectivity index (χ1n) is 11.0. The van der Waals surface area contributed by atoms with Crippen LogP contribution in [0.3, 0.4) is 0 Å². The van der Waals surface area contributed by atoms with Crippen molar-refractivity contribution in [2.24, 2.45) is 0 Å². The van der Waals surface area contributed by atoms with Gasteiger partial charge in [-0.25, -0.2) is 4.98 Å². The van der Waals surface area contributed by atoms with Crippen LogP contribution in [0.5, 0.6) is 5.75 Å². The molecule has 1 saturated heterocycles. The molecule has 0 bridgehead atoms. The molecule has 4 rings (SSSR count). The van der Waals surface area contributed by atoms with Gasteiger partial charge < -0.3 is 10.1 Å². The average molecular weight is 495 g/mol. The summed E-state index contributed by atoms with van der Waals surface area (Å²) < 4.78 is 7.23. The van der Waals surface area contributed by atoms with E-state index in [1.165, 1.54) is 16.2 Å². The zero-order valence-corrected chi connectivity index (χ0v) is 21.1. The second kappa shape index (κ2) is 9.99. The van der Waals surface area contributed by atoms with Crippen LogP contribution in [0.15, 0.2) is 52.3 Å². The molecule has 0 radical (unpaired) electrons. The highest BCUT2D eigenvalue weighted by Crippen LogP contribution is 2.35. The number of aryl methyl sites for hydroxylation is 1. The summed E-state index contributed by atoms with van der Waals surface area (Å²) in [5.41, 5.74) is 2.51. The first kappa shape index (κ1) is 24.0. The van der Waals surface area contributed by atoms with Gasteiger partial charge in [-0.1, -0.05) is 49.1 Å². The number of thioether (sulfide) groups is 1. The van der Waals surface area contributed by atoms with Crippen molar-refractivity contribution in [2.45, 2.75) is 39.8 Å². The van der Waals surface area contributed by atoms with Crippen LogP contribution >= 0.6 is 24.0 Å². The van der Waals surface area contributed by atoms with Gasteiger partial charge in [0.15, 0.2) is 0 Å². The first-order chi connectivity index (χ1) is 16.3. The van der Waals surface area contributed by atoms with Gasteiger partial charge >= 0.3 is 0 Å². The molecule has 2 aromatic heterocycles. The number of ether oxygens (including phenoxy) is 1. The molecule has 1 aliphatic heterocycles. The van der Waals surface area contributed by atoms with Crippen LogP contribution in [0, 0.1) is 6.92 Å². The molecule has 0 saturated carbocycles. The lowest BCUT2D eigenvalue weighted by molar-refractivity contribution is -0.123. The summed E-state index contributed by atoms with van der Waals surface area (Å²) in [5, 5.41) is 3.30. The Morgan fingerprint density at radius 2 is 1.97 bits per heavy atom. The fourth-order valence-electron chi connectivity index (χ4n) is 3.68. The van der Waals surface area contributed by atoms with E-state index in [-0.39, 0.29) is 17.5 Å². The maximum atomic E-state index is 13.5. The van der Waals surface area contributed by atoms with Crippen LogP contribution < -0.4 is 15.6 Å². The number of anilines is 1. The zero-order valence-electron chi connectivity index (χ0n) is 19.5. The van der Waals surface area contributed by atoms with Crippen LogP contribution in [-0.4, -0.2) is 37.7 Å². The Morgan fingerprint density at radius 1 is 1.24 bits per heavy atom. The quantitative estimate of drug-likeness (QED) is 0.379. The molecule has 176 valence electrons. The fraction of sp³-hybridized carbons (Fsp3) is 0.280. The van der Waals surface area contributed by atoms with Gasteiger partial charge in [-0.05, 0) is 55.7 Å². The lowest BCUT2D eigenvalue weighted by Crippen LogP contribution is -2.36. The minimum absolute atomic E-state index is 0.00968. The third-order valence-corrected chi connectivity index (χ3v) is 7.16. The summed E-state index contributed by atoms with van der Waals surface area (Å²) in [6.07, 6.45) is 4.09. The number of benzene rings is 1. The summed E-state index contributed by atoms with van der Waals surface area (Å²) in [7, 11) is 1.62. The summed E-state index contributed by atoms with van der Waals surface area (Å²) in [4.78, 5) is 33.4. The van der Waals surface area contributed by atoms with Gasteiger partial charge in [0.25, 0.3) is 11.5 Å². The third-order valence-electron chi connectivity index (χ3n) is 5.83. The van der Waals surface area contributed by atoms with Crippen LogP contribution in [0.25, 0.3) is 11.7 Å². The number of hydrogen-bond acceptors (Lipinski definition) is 7. The normalized spacial score (nSPS) is 15.9. The molecule has 34 heavy (non-hydrogen) atoms. The second-order valence-corrected chi connectivity index (χ2v) is 9.75. The zero-order chi connectivity index (χ0) is 24.4. The second-order valence-electron chi connectivity index (χ2n) is 8.07. The van der Waals surface area contributed by atoms with Gasteiger partial charge in [0.1, 0.15) is 21.5 Å². The maximum absolute atomic E-state index is 13.5. The largest absolute Gasteiger partial charge is 0.497 e. The molecule has 1 fully saturated rings. The van der Waals surface area contributed by atoms with Crippen molar-refractivity contribution in [3.05, 3.63) is 74.5 Å². The van der Waals surface area contributed by atoms with Crippen molar-refractivity contribution < 1.29 is 9.53 Å². The van der Waals surface area contributed by atoms with Gasteiger partial charge in [0.2, 0.25) is 0 Å². The Balaban J connectivity index is 1.77. The monoisotopic (exact) mass is 494 g/mol. The lowest BCUT2D eigenvalue weighted by atomic mass is 10.2. The molecule has 0 spiro atoms. The van der Waals surface area contributed by atoms with Gasteiger partial charge in [0.05, 0.1) is 17.6 Å². The van der Waals surface area contributed by atoms with E-state index in [9.17, 15) is 9.59 Å². The van der Waals surface area contributed by atoms with Gasteiger partial charge in [-0.15, -0.1) is 0 Å². The molecule has 3 aromatic rings. The number of carbonyl (C=O) groups is 1. The molecule has 7 nitrogen and oxygen atoms in total. The Hall–Kier alpha value is -3.17. The molecule has 0 unspecified atom stereocenters. The SMILES string of the molecule is CC[C@@H](C)N1C(=O)/C(=C/c2c(NCc3ccc(OC)cc3)nc3c(C)cccn3c2=O)SC1=S. The van der Waals surface area contributed by atoms with Crippen molar-refractivity contribution in [1.29, 1.82) is 0 Å². The van der Waals surface area contributed by atoms with Crippen LogP contribution in [-0.2, 0) is 11.3 Å². The minimum atomic E-state index is -0.250. The highest BCUT2D eigenvalue weighted by molar-refractivity contribution is 8.26. The number of amides is 1. The van der Waals surface area contributed by atoms with Crippen LogP contribution in [0.1, 0.15) is 37.0 Å². The van der Waals surface area contributed by atoms with E-state index in [0.717, 1.165) is 23.3 Å². The summed E-state index contributed by atoms with van der Waals surface area (Å²) in [6, 6.07) is 11.4. The smallest absolute Gasteiger partial charge is 0.267 e. The predicted octanol–water partition coefficient (Wildman–Crippen LogP) is 4.62.